The minimum Gasteiger partial charge on any atom is -0.389 e. The molecule has 0 aliphatic carbocycles. The number of hydrogen-bond acceptors (Lipinski definition) is 6. The normalized spacial score (nSPS) is 18.9. The number of amides is 2. The number of amidine groups is 1. The first-order valence-electron chi connectivity index (χ1n) is 8.25. The van der Waals surface area contributed by atoms with Gasteiger partial charge in [-0.2, -0.15) is 0 Å². The van der Waals surface area contributed by atoms with Crippen LogP contribution < -0.4 is 10.6 Å². The minimum absolute atomic E-state index is 0.180. The van der Waals surface area contributed by atoms with Crippen LogP contribution in [0.3, 0.4) is 0 Å². The van der Waals surface area contributed by atoms with E-state index in [1.807, 2.05) is 30.3 Å². The molecule has 2 N–H and O–H groups in total. The van der Waals surface area contributed by atoms with Crippen LogP contribution in [0.2, 0.25) is 0 Å². The molecule has 1 atom stereocenters. The third-order valence-corrected chi connectivity index (χ3v) is 5.57. The summed E-state index contributed by atoms with van der Waals surface area (Å²) in [6.07, 6.45) is 0.544. The van der Waals surface area contributed by atoms with Crippen LogP contribution >= 0.6 is 7.60 Å². The standard InChI is InChI=1S/C16H24N3O5P/c1-3-23-25(21,24-4-2)11-10-14-15(18-16(20)17-14)19-22-12-13-8-6-5-7-9-13/h5-9,14H,3-4,10-12H2,1-2H3,(H2,17,18,19,20). The fourth-order valence-electron chi connectivity index (χ4n) is 2.36. The maximum Gasteiger partial charge on any atom is 0.330 e. The minimum atomic E-state index is -3.17. The van der Waals surface area contributed by atoms with Gasteiger partial charge in [-0.15, -0.1) is 0 Å². The van der Waals surface area contributed by atoms with Gasteiger partial charge >= 0.3 is 13.6 Å². The molecule has 1 unspecified atom stereocenters. The molecular weight excluding hydrogens is 345 g/mol. The Morgan fingerprint density at radius 1 is 1.16 bits per heavy atom. The molecule has 0 bridgehead atoms. The number of nitrogens with zero attached hydrogens (tertiary/aromatic N) is 1. The highest BCUT2D eigenvalue weighted by atomic mass is 31.2. The fourth-order valence-corrected chi connectivity index (χ4v) is 4.05. The maximum atomic E-state index is 12.5. The van der Waals surface area contributed by atoms with E-state index in [2.05, 4.69) is 15.8 Å². The summed E-state index contributed by atoms with van der Waals surface area (Å²) in [4.78, 5) is 16.9. The first kappa shape index (κ1) is 19.4. The van der Waals surface area contributed by atoms with Crippen molar-refractivity contribution in [3.05, 3.63) is 35.9 Å². The van der Waals surface area contributed by atoms with Crippen molar-refractivity contribution in [3.8, 4) is 0 Å². The summed E-state index contributed by atoms with van der Waals surface area (Å²) in [7, 11) is -3.17. The third-order valence-electron chi connectivity index (χ3n) is 3.46. The molecule has 25 heavy (non-hydrogen) atoms. The first-order valence-corrected chi connectivity index (χ1v) is 9.98. The van der Waals surface area contributed by atoms with Crippen LogP contribution in [0.4, 0.5) is 4.79 Å². The van der Waals surface area contributed by atoms with Crippen molar-refractivity contribution in [2.24, 2.45) is 5.16 Å². The molecule has 0 aromatic heterocycles. The van der Waals surface area contributed by atoms with Gasteiger partial charge in [0.05, 0.1) is 25.4 Å². The predicted molar refractivity (Wildman–Crippen MR) is 94.5 cm³/mol. The molecule has 1 aliphatic rings. The molecule has 1 aromatic rings. The van der Waals surface area contributed by atoms with Crippen LogP contribution in [0.5, 0.6) is 0 Å². The Labute approximate surface area is 147 Å². The molecule has 2 amide bonds. The summed E-state index contributed by atoms with van der Waals surface area (Å²) in [5.74, 6) is 0.362. The highest BCUT2D eigenvalue weighted by Crippen LogP contribution is 2.48. The molecule has 1 aromatic carbocycles. The molecule has 0 spiro atoms. The van der Waals surface area contributed by atoms with E-state index in [0.717, 1.165) is 5.56 Å². The average Bonchev–Trinajstić information content (AvgIpc) is 2.94. The monoisotopic (exact) mass is 369 g/mol. The number of carbonyl (C=O) groups is 1. The predicted octanol–water partition coefficient (Wildman–Crippen LogP) is 2.85. The molecule has 0 radical (unpaired) electrons. The van der Waals surface area contributed by atoms with Crippen LogP contribution in [0.1, 0.15) is 25.8 Å². The summed E-state index contributed by atoms with van der Waals surface area (Å²) >= 11 is 0. The number of hydrogen-bond donors (Lipinski definition) is 2. The Morgan fingerprint density at radius 3 is 2.48 bits per heavy atom. The van der Waals surface area contributed by atoms with Crippen molar-refractivity contribution in [2.45, 2.75) is 32.9 Å². The number of urea groups is 1. The Balaban J connectivity index is 1.92. The largest absolute Gasteiger partial charge is 0.389 e. The van der Waals surface area contributed by atoms with E-state index < -0.39 is 13.6 Å². The molecule has 9 heteroatoms. The van der Waals surface area contributed by atoms with Crippen LogP contribution in [0.15, 0.2) is 35.5 Å². The smallest absolute Gasteiger partial charge is 0.330 e. The lowest BCUT2D eigenvalue weighted by molar-refractivity contribution is 0.129. The molecule has 8 nitrogen and oxygen atoms in total. The van der Waals surface area contributed by atoms with Crippen molar-refractivity contribution in [3.63, 3.8) is 0 Å². The molecule has 1 heterocycles. The third kappa shape index (κ3) is 6.16. The summed E-state index contributed by atoms with van der Waals surface area (Å²) in [6.45, 7) is 4.41. The van der Waals surface area contributed by atoms with Crippen LogP contribution in [-0.2, 0) is 25.1 Å². The van der Waals surface area contributed by atoms with Gasteiger partial charge in [0.1, 0.15) is 6.61 Å². The lowest BCUT2D eigenvalue weighted by atomic mass is 10.2. The Hall–Kier alpha value is -1.89. The second kappa shape index (κ2) is 9.56. The van der Waals surface area contributed by atoms with E-state index in [9.17, 15) is 9.36 Å². The molecule has 1 fully saturated rings. The fraction of sp³-hybridized carbons (Fsp3) is 0.500. The number of nitrogens with one attached hydrogen (secondary N) is 2. The summed E-state index contributed by atoms with van der Waals surface area (Å²) in [5.41, 5.74) is 0.970. The highest BCUT2D eigenvalue weighted by Gasteiger charge is 2.32. The van der Waals surface area contributed by atoms with E-state index in [0.29, 0.717) is 32.1 Å². The average molecular weight is 369 g/mol. The zero-order valence-electron chi connectivity index (χ0n) is 14.4. The SMILES string of the molecule is CCOP(=O)(CCC1NC(=O)NC1=NOCc1ccccc1)OCC. The maximum absolute atomic E-state index is 12.5. The van der Waals surface area contributed by atoms with E-state index in [1.54, 1.807) is 13.8 Å². The van der Waals surface area contributed by atoms with Gasteiger partial charge in [-0.1, -0.05) is 35.5 Å². The van der Waals surface area contributed by atoms with Crippen molar-refractivity contribution >= 4 is 19.5 Å². The van der Waals surface area contributed by atoms with Gasteiger partial charge in [0.25, 0.3) is 0 Å². The Bertz CT molecular complexity index is 628. The van der Waals surface area contributed by atoms with Gasteiger partial charge in [-0.05, 0) is 25.8 Å². The molecular formula is C16H24N3O5P. The van der Waals surface area contributed by atoms with Crippen molar-refractivity contribution in [1.29, 1.82) is 0 Å². The van der Waals surface area contributed by atoms with Gasteiger partial charge in [0.15, 0.2) is 5.84 Å². The molecule has 2 rings (SSSR count). The lowest BCUT2D eigenvalue weighted by Gasteiger charge is -2.18. The Kier molecular flexibility index (Phi) is 7.43. The topological polar surface area (TPSA) is 98.2 Å². The number of rotatable bonds is 10. The summed E-state index contributed by atoms with van der Waals surface area (Å²) in [6, 6.07) is 8.79. The van der Waals surface area contributed by atoms with Crippen LogP contribution in [0, 0.1) is 0 Å². The number of oxime groups is 1. The summed E-state index contributed by atoms with van der Waals surface area (Å²) in [5, 5.41) is 9.30. The van der Waals surface area contributed by atoms with Crippen LogP contribution in [-0.4, -0.2) is 37.3 Å². The van der Waals surface area contributed by atoms with Gasteiger partial charge < -0.3 is 19.2 Å². The zero-order valence-corrected chi connectivity index (χ0v) is 15.3. The molecule has 0 saturated carbocycles. The van der Waals surface area contributed by atoms with Gasteiger partial charge in [-0.25, -0.2) is 4.79 Å². The van der Waals surface area contributed by atoms with Crippen molar-refractivity contribution in [2.75, 3.05) is 19.4 Å². The van der Waals surface area contributed by atoms with E-state index in [1.165, 1.54) is 0 Å². The van der Waals surface area contributed by atoms with E-state index >= 15 is 0 Å². The second-order valence-corrected chi connectivity index (χ2v) is 7.53. The van der Waals surface area contributed by atoms with Gasteiger partial charge in [-0.3, -0.25) is 9.88 Å². The van der Waals surface area contributed by atoms with E-state index in [-0.39, 0.29) is 12.2 Å². The van der Waals surface area contributed by atoms with Gasteiger partial charge in [0, 0.05) is 0 Å². The molecule has 138 valence electrons. The number of carbonyl (C=O) groups excluding carboxylic acids is 1. The lowest BCUT2D eigenvalue weighted by Crippen LogP contribution is -2.30. The Morgan fingerprint density at radius 2 is 1.84 bits per heavy atom. The molecule has 1 aliphatic heterocycles. The molecule has 1 saturated heterocycles. The summed E-state index contributed by atoms with van der Waals surface area (Å²) < 4.78 is 23.0. The quantitative estimate of drug-likeness (QED) is 0.488. The first-order chi connectivity index (χ1) is 12.1. The van der Waals surface area contributed by atoms with Crippen molar-refractivity contribution in [1.82, 2.24) is 10.6 Å². The van der Waals surface area contributed by atoms with Crippen LogP contribution in [0.25, 0.3) is 0 Å². The number of benzene rings is 1. The highest BCUT2D eigenvalue weighted by molar-refractivity contribution is 7.53. The van der Waals surface area contributed by atoms with E-state index in [4.69, 9.17) is 13.9 Å². The second-order valence-electron chi connectivity index (χ2n) is 5.35. The van der Waals surface area contributed by atoms with Crippen molar-refractivity contribution < 1.29 is 23.2 Å². The zero-order chi connectivity index (χ0) is 18.1. The van der Waals surface area contributed by atoms with Gasteiger partial charge in [0.2, 0.25) is 0 Å².